The average Bonchev–Trinajstić information content (AvgIpc) is 3.51. The maximum Gasteiger partial charge on any atom is 0.290 e. The van der Waals surface area contributed by atoms with E-state index in [4.69, 9.17) is 13.6 Å². The van der Waals surface area contributed by atoms with Crippen LogP contribution in [0, 0.1) is 5.82 Å². The van der Waals surface area contributed by atoms with Crippen molar-refractivity contribution in [2.75, 3.05) is 26.3 Å². The molecule has 0 bridgehead atoms. The van der Waals surface area contributed by atoms with Crippen molar-refractivity contribution in [2.24, 2.45) is 0 Å². The lowest BCUT2D eigenvalue weighted by Crippen LogP contribution is -2.43. The minimum Gasteiger partial charge on any atom is -0.467 e. The van der Waals surface area contributed by atoms with Gasteiger partial charge < -0.3 is 23.4 Å². The van der Waals surface area contributed by atoms with E-state index in [-0.39, 0.29) is 43.0 Å². The minimum absolute atomic E-state index is 0.131. The number of hydrogen-bond donors (Lipinski definition) is 0. The van der Waals surface area contributed by atoms with Crippen molar-refractivity contribution in [1.29, 1.82) is 0 Å². The average molecular weight is 442 g/mol. The minimum atomic E-state index is -0.362. The van der Waals surface area contributed by atoms with Crippen LogP contribution in [0.3, 0.4) is 0 Å². The van der Waals surface area contributed by atoms with Crippen molar-refractivity contribution in [1.82, 2.24) is 9.80 Å². The molecule has 0 unspecified atom stereocenters. The molecule has 2 aromatic heterocycles. The summed E-state index contributed by atoms with van der Waals surface area (Å²) in [7, 11) is 0. The molecular formula is C24H27FN2O5. The van der Waals surface area contributed by atoms with Crippen molar-refractivity contribution < 1.29 is 27.6 Å². The maximum absolute atomic E-state index is 13.3. The monoisotopic (exact) mass is 442 g/mol. The molecule has 0 saturated carbocycles. The third-order valence-corrected chi connectivity index (χ3v) is 4.83. The Bertz CT molecular complexity index is 955. The van der Waals surface area contributed by atoms with Gasteiger partial charge in [0.15, 0.2) is 5.76 Å². The summed E-state index contributed by atoms with van der Waals surface area (Å²) in [5, 5.41) is 0. The number of nitrogens with zero attached hydrogens (tertiary/aromatic N) is 2. The van der Waals surface area contributed by atoms with Crippen LogP contribution in [-0.2, 0) is 22.6 Å². The Labute approximate surface area is 186 Å². The molecule has 3 aromatic rings. The largest absolute Gasteiger partial charge is 0.467 e. The van der Waals surface area contributed by atoms with Gasteiger partial charge in [-0.25, -0.2) is 4.39 Å². The molecule has 0 atom stereocenters. The van der Waals surface area contributed by atoms with Crippen LogP contribution in [0.1, 0.15) is 35.2 Å². The van der Waals surface area contributed by atoms with Crippen molar-refractivity contribution in [2.45, 2.75) is 26.4 Å². The van der Waals surface area contributed by atoms with Crippen LogP contribution < -0.4 is 0 Å². The van der Waals surface area contributed by atoms with Gasteiger partial charge in [0.25, 0.3) is 5.91 Å². The lowest BCUT2D eigenvalue weighted by atomic mass is 10.2. The van der Waals surface area contributed by atoms with E-state index in [2.05, 4.69) is 0 Å². The predicted molar refractivity (Wildman–Crippen MR) is 115 cm³/mol. The zero-order chi connectivity index (χ0) is 22.8. The summed E-state index contributed by atoms with van der Waals surface area (Å²) in [6.07, 6.45) is 3.55. The molecular weight excluding hydrogens is 415 g/mol. The highest BCUT2D eigenvalue weighted by Crippen LogP contribution is 2.14. The summed E-state index contributed by atoms with van der Waals surface area (Å²) in [4.78, 5) is 29.2. The molecule has 0 N–H and O–H groups in total. The van der Waals surface area contributed by atoms with Crippen molar-refractivity contribution in [3.05, 3.63) is 84.0 Å². The number of hydrogen-bond acceptors (Lipinski definition) is 5. The van der Waals surface area contributed by atoms with Crippen molar-refractivity contribution in [3.8, 4) is 0 Å². The molecule has 2 amide bonds. The van der Waals surface area contributed by atoms with Gasteiger partial charge in [-0.3, -0.25) is 9.59 Å². The van der Waals surface area contributed by atoms with Crippen LogP contribution in [0.15, 0.2) is 69.9 Å². The lowest BCUT2D eigenvalue weighted by Gasteiger charge is -2.27. The van der Waals surface area contributed by atoms with Crippen LogP contribution in [0.4, 0.5) is 4.39 Å². The quantitative estimate of drug-likeness (QED) is 0.395. The first-order valence-corrected chi connectivity index (χ1v) is 10.5. The van der Waals surface area contributed by atoms with Gasteiger partial charge in [-0.2, -0.15) is 0 Å². The molecule has 0 saturated heterocycles. The summed E-state index contributed by atoms with van der Waals surface area (Å²) < 4.78 is 29.3. The molecule has 170 valence electrons. The van der Waals surface area contributed by atoms with Crippen LogP contribution >= 0.6 is 0 Å². The Kier molecular flexibility index (Phi) is 8.62. The first-order chi connectivity index (χ1) is 15.6. The number of furan rings is 2. The Morgan fingerprint density at radius 3 is 2.38 bits per heavy atom. The van der Waals surface area contributed by atoms with Crippen LogP contribution in [0.25, 0.3) is 0 Å². The van der Waals surface area contributed by atoms with Crippen molar-refractivity contribution >= 4 is 11.8 Å². The van der Waals surface area contributed by atoms with E-state index in [9.17, 15) is 14.0 Å². The molecule has 0 aliphatic heterocycles. The van der Waals surface area contributed by atoms with E-state index in [0.717, 1.165) is 5.56 Å². The molecule has 2 heterocycles. The number of carbonyl (C=O) groups excluding carboxylic acids is 2. The summed E-state index contributed by atoms with van der Waals surface area (Å²) in [6, 6.07) is 12.7. The van der Waals surface area contributed by atoms with E-state index in [1.54, 1.807) is 41.3 Å². The number of carbonyl (C=O) groups is 2. The Morgan fingerprint density at radius 2 is 1.72 bits per heavy atom. The second-order valence-corrected chi connectivity index (χ2v) is 7.21. The molecule has 1 aromatic carbocycles. The standard InChI is InChI=1S/C24H27FN2O5/c1-2-30-13-5-12-26(24(29)22-7-4-15-32-22)18-23(28)27(17-21-6-3-14-31-21)16-19-8-10-20(25)11-9-19/h3-4,6-11,14-15H,2,5,12-13,16-18H2,1H3. The van der Waals surface area contributed by atoms with Gasteiger partial charge in [-0.1, -0.05) is 12.1 Å². The topological polar surface area (TPSA) is 76.1 Å². The molecule has 0 radical (unpaired) electrons. The molecule has 32 heavy (non-hydrogen) atoms. The van der Waals surface area contributed by atoms with E-state index in [0.29, 0.717) is 31.9 Å². The highest BCUT2D eigenvalue weighted by atomic mass is 19.1. The molecule has 0 aliphatic carbocycles. The smallest absolute Gasteiger partial charge is 0.290 e. The van der Waals surface area contributed by atoms with Crippen molar-refractivity contribution in [3.63, 3.8) is 0 Å². The zero-order valence-corrected chi connectivity index (χ0v) is 18.0. The number of benzene rings is 1. The van der Waals surface area contributed by atoms with E-state index in [1.165, 1.54) is 29.6 Å². The lowest BCUT2D eigenvalue weighted by molar-refractivity contribution is -0.133. The van der Waals surface area contributed by atoms with Crippen LogP contribution in [-0.4, -0.2) is 47.9 Å². The van der Waals surface area contributed by atoms with E-state index in [1.807, 2.05) is 6.92 Å². The highest BCUT2D eigenvalue weighted by molar-refractivity contribution is 5.94. The van der Waals surface area contributed by atoms with Gasteiger partial charge >= 0.3 is 0 Å². The Morgan fingerprint density at radius 1 is 0.969 bits per heavy atom. The normalized spacial score (nSPS) is 10.8. The zero-order valence-electron chi connectivity index (χ0n) is 18.0. The highest BCUT2D eigenvalue weighted by Gasteiger charge is 2.24. The number of rotatable bonds is 12. The molecule has 0 fully saturated rings. The second-order valence-electron chi connectivity index (χ2n) is 7.21. The number of ether oxygens (including phenoxy) is 1. The maximum atomic E-state index is 13.3. The van der Waals surface area contributed by atoms with Crippen LogP contribution in [0.2, 0.25) is 0 Å². The third kappa shape index (κ3) is 6.81. The third-order valence-electron chi connectivity index (χ3n) is 4.83. The molecule has 0 spiro atoms. The molecule has 7 nitrogen and oxygen atoms in total. The summed E-state index contributed by atoms with van der Waals surface area (Å²) >= 11 is 0. The Balaban J connectivity index is 1.74. The molecule has 8 heteroatoms. The fourth-order valence-electron chi connectivity index (χ4n) is 3.21. The van der Waals surface area contributed by atoms with E-state index >= 15 is 0 Å². The first kappa shape index (κ1) is 23.3. The van der Waals surface area contributed by atoms with Gasteiger partial charge in [0.05, 0.1) is 19.1 Å². The first-order valence-electron chi connectivity index (χ1n) is 10.5. The number of amides is 2. The van der Waals surface area contributed by atoms with E-state index < -0.39 is 0 Å². The predicted octanol–water partition coefficient (Wildman–Crippen LogP) is 4.11. The van der Waals surface area contributed by atoms with Gasteiger partial charge in [0.2, 0.25) is 5.91 Å². The summed E-state index contributed by atoms with van der Waals surface area (Å²) in [6.45, 7) is 3.66. The second kappa shape index (κ2) is 11.9. The van der Waals surface area contributed by atoms with Gasteiger partial charge in [0.1, 0.15) is 18.1 Å². The Hall–Kier alpha value is -3.39. The number of halogens is 1. The fourth-order valence-corrected chi connectivity index (χ4v) is 3.21. The van der Waals surface area contributed by atoms with Crippen LogP contribution in [0.5, 0.6) is 0 Å². The molecule has 3 rings (SSSR count). The van der Waals surface area contributed by atoms with Gasteiger partial charge in [-0.05, 0) is 55.3 Å². The van der Waals surface area contributed by atoms with Gasteiger partial charge in [0, 0.05) is 26.3 Å². The fraction of sp³-hybridized carbons (Fsp3) is 0.333. The SMILES string of the molecule is CCOCCCN(CC(=O)N(Cc1ccc(F)cc1)Cc1ccco1)C(=O)c1ccco1. The molecule has 0 aliphatic rings. The van der Waals surface area contributed by atoms with Gasteiger partial charge in [-0.15, -0.1) is 0 Å². The summed E-state index contributed by atoms with van der Waals surface area (Å²) in [5.74, 6) is -0.185. The summed E-state index contributed by atoms with van der Waals surface area (Å²) in [5.41, 5.74) is 0.770.